The minimum atomic E-state index is -0.279. The van der Waals surface area contributed by atoms with Gasteiger partial charge in [-0.3, -0.25) is 9.59 Å². The van der Waals surface area contributed by atoms with Crippen molar-refractivity contribution >= 4 is 29.1 Å². The van der Waals surface area contributed by atoms with Crippen molar-refractivity contribution in [2.45, 2.75) is 19.5 Å². The van der Waals surface area contributed by atoms with Crippen LogP contribution in [0.25, 0.3) is 0 Å². The summed E-state index contributed by atoms with van der Waals surface area (Å²) in [6.45, 7) is 2.32. The minimum absolute atomic E-state index is 0.0945. The molecule has 3 aromatic rings. The molecular formula is C23H24ClN3O3. The van der Waals surface area contributed by atoms with Gasteiger partial charge in [0.15, 0.2) is 0 Å². The molecule has 0 bridgehead atoms. The van der Waals surface area contributed by atoms with Crippen LogP contribution in [0.1, 0.15) is 34.6 Å². The molecule has 0 aliphatic heterocycles. The van der Waals surface area contributed by atoms with Crippen LogP contribution in [0, 0.1) is 0 Å². The first-order valence-corrected chi connectivity index (χ1v) is 9.99. The van der Waals surface area contributed by atoms with E-state index in [0.29, 0.717) is 22.0 Å². The Hall–Kier alpha value is -3.09. The number of hydrogen-bond donors (Lipinski definition) is 2. The van der Waals surface area contributed by atoms with Crippen LogP contribution in [-0.4, -0.2) is 25.4 Å². The smallest absolute Gasteiger partial charge is 0.253 e. The van der Waals surface area contributed by atoms with Crippen LogP contribution in [0.15, 0.2) is 71.3 Å². The number of likely N-dealkylation sites (N-methyl/N-ethyl adjacent to an activating group) is 1. The maximum atomic E-state index is 12.8. The second kappa shape index (κ2) is 10.1. The molecule has 1 atom stereocenters. The zero-order valence-corrected chi connectivity index (χ0v) is 17.6. The van der Waals surface area contributed by atoms with E-state index >= 15 is 0 Å². The Labute approximate surface area is 180 Å². The highest BCUT2D eigenvalue weighted by Gasteiger charge is 2.19. The first-order chi connectivity index (χ1) is 14.5. The second-order valence-corrected chi connectivity index (χ2v) is 7.26. The molecule has 2 N–H and O–H groups in total. The fourth-order valence-corrected chi connectivity index (χ4v) is 3.36. The number of nitrogens with zero attached hydrogens (tertiary/aromatic N) is 1. The predicted molar refractivity (Wildman–Crippen MR) is 118 cm³/mol. The highest BCUT2D eigenvalue weighted by atomic mass is 35.5. The Morgan fingerprint density at radius 2 is 1.80 bits per heavy atom. The van der Waals surface area contributed by atoms with Gasteiger partial charge in [-0.1, -0.05) is 41.9 Å². The molecular weight excluding hydrogens is 402 g/mol. The van der Waals surface area contributed by atoms with Crippen molar-refractivity contribution in [1.82, 2.24) is 10.6 Å². The van der Waals surface area contributed by atoms with E-state index in [0.717, 1.165) is 5.56 Å². The molecule has 156 valence electrons. The Kier molecular flexibility index (Phi) is 7.27. The molecule has 0 unspecified atom stereocenters. The van der Waals surface area contributed by atoms with Gasteiger partial charge in [-0.25, -0.2) is 0 Å². The summed E-state index contributed by atoms with van der Waals surface area (Å²) in [5.41, 5.74) is 1.87. The zero-order valence-electron chi connectivity index (χ0n) is 16.9. The van der Waals surface area contributed by atoms with Crippen molar-refractivity contribution in [2.75, 3.05) is 18.5 Å². The normalized spacial score (nSPS) is 11.7. The van der Waals surface area contributed by atoms with Gasteiger partial charge in [-0.15, -0.1) is 0 Å². The zero-order chi connectivity index (χ0) is 21.5. The van der Waals surface area contributed by atoms with Gasteiger partial charge in [0, 0.05) is 18.1 Å². The van der Waals surface area contributed by atoms with Gasteiger partial charge >= 0.3 is 0 Å². The third-order valence-electron chi connectivity index (χ3n) is 4.82. The van der Waals surface area contributed by atoms with Crippen LogP contribution < -0.4 is 15.5 Å². The van der Waals surface area contributed by atoms with E-state index in [9.17, 15) is 9.59 Å². The monoisotopic (exact) mass is 425 g/mol. The third kappa shape index (κ3) is 5.28. The molecule has 0 fully saturated rings. The number of anilines is 1. The summed E-state index contributed by atoms with van der Waals surface area (Å²) in [5, 5.41) is 6.66. The van der Waals surface area contributed by atoms with E-state index in [1.54, 1.807) is 49.7 Å². The van der Waals surface area contributed by atoms with Gasteiger partial charge < -0.3 is 20.0 Å². The number of furan rings is 1. The number of benzene rings is 2. The van der Waals surface area contributed by atoms with E-state index in [-0.39, 0.29) is 30.9 Å². The number of hydrogen-bond acceptors (Lipinski definition) is 4. The van der Waals surface area contributed by atoms with Crippen LogP contribution >= 0.6 is 11.6 Å². The van der Waals surface area contributed by atoms with Crippen LogP contribution in [0.5, 0.6) is 0 Å². The fourth-order valence-electron chi connectivity index (χ4n) is 3.06. The molecule has 0 radical (unpaired) electrons. The van der Waals surface area contributed by atoms with Crippen LogP contribution in [0.4, 0.5) is 5.69 Å². The first kappa shape index (κ1) is 21.6. The third-order valence-corrected chi connectivity index (χ3v) is 5.16. The molecule has 0 aliphatic carbocycles. The van der Waals surface area contributed by atoms with Gasteiger partial charge in [0.05, 0.1) is 30.6 Å². The van der Waals surface area contributed by atoms with E-state index in [1.807, 2.05) is 31.2 Å². The standard InChI is InChI=1S/C23H24ClN3O3/c1-16(18-9-3-5-11-20(18)24)25-15-22(28)27(2)21-12-6-4-10-19(21)23(29)26-14-17-8-7-13-30-17/h3-13,16,25H,14-15H2,1-2H3,(H,26,29)/t16-/m1/s1. The molecule has 0 saturated heterocycles. The number of para-hydroxylation sites is 1. The number of carbonyl (C=O) groups is 2. The Morgan fingerprint density at radius 1 is 1.07 bits per heavy atom. The summed E-state index contributed by atoms with van der Waals surface area (Å²) >= 11 is 6.23. The average Bonchev–Trinajstić information content (AvgIpc) is 3.29. The van der Waals surface area contributed by atoms with E-state index in [1.165, 1.54) is 4.90 Å². The average molecular weight is 426 g/mol. The number of halogens is 1. The quantitative estimate of drug-likeness (QED) is 0.567. The highest BCUT2D eigenvalue weighted by molar-refractivity contribution is 6.31. The van der Waals surface area contributed by atoms with Crippen molar-refractivity contribution in [3.8, 4) is 0 Å². The predicted octanol–water partition coefficient (Wildman–Crippen LogP) is 4.18. The largest absolute Gasteiger partial charge is 0.467 e. The van der Waals surface area contributed by atoms with Crippen molar-refractivity contribution in [3.05, 3.63) is 88.8 Å². The Balaban J connectivity index is 1.64. The maximum Gasteiger partial charge on any atom is 0.253 e. The Morgan fingerprint density at radius 3 is 2.53 bits per heavy atom. The fraction of sp³-hybridized carbons (Fsp3) is 0.217. The van der Waals surface area contributed by atoms with Crippen molar-refractivity contribution in [2.24, 2.45) is 0 Å². The molecule has 30 heavy (non-hydrogen) atoms. The molecule has 0 aliphatic rings. The number of carbonyl (C=O) groups excluding carboxylic acids is 2. The highest BCUT2D eigenvalue weighted by Crippen LogP contribution is 2.23. The van der Waals surface area contributed by atoms with Gasteiger partial charge in [0.25, 0.3) is 5.91 Å². The van der Waals surface area contributed by atoms with Gasteiger partial charge in [0.1, 0.15) is 5.76 Å². The molecule has 2 amide bonds. The molecule has 3 rings (SSSR count). The molecule has 1 aromatic heterocycles. The molecule has 1 heterocycles. The summed E-state index contributed by atoms with van der Waals surface area (Å²) in [4.78, 5) is 26.9. The summed E-state index contributed by atoms with van der Waals surface area (Å²) in [5.74, 6) is 0.210. The summed E-state index contributed by atoms with van der Waals surface area (Å²) in [7, 11) is 1.66. The summed E-state index contributed by atoms with van der Waals surface area (Å²) < 4.78 is 5.24. The lowest BCUT2D eigenvalue weighted by Crippen LogP contribution is -2.37. The van der Waals surface area contributed by atoms with E-state index < -0.39 is 0 Å². The molecule has 6 nitrogen and oxygen atoms in total. The van der Waals surface area contributed by atoms with Gasteiger partial charge in [-0.2, -0.15) is 0 Å². The lowest BCUT2D eigenvalue weighted by Gasteiger charge is -2.22. The first-order valence-electron chi connectivity index (χ1n) is 9.61. The van der Waals surface area contributed by atoms with Crippen molar-refractivity contribution in [1.29, 1.82) is 0 Å². The summed E-state index contributed by atoms with van der Waals surface area (Å²) in [6, 6.07) is 18.0. The number of nitrogens with one attached hydrogen (secondary N) is 2. The van der Waals surface area contributed by atoms with E-state index in [2.05, 4.69) is 10.6 Å². The van der Waals surface area contributed by atoms with Crippen LogP contribution in [0.3, 0.4) is 0 Å². The second-order valence-electron chi connectivity index (χ2n) is 6.86. The van der Waals surface area contributed by atoms with Gasteiger partial charge in [-0.05, 0) is 42.8 Å². The topological polar surface area (TPSA) is 74.6 Å². The van der Waals surface area contributed by atoms with Crippen molar-refractivity contribution < 1.29 is 14.0 Å². The number of rotatable bonds is 8. The van der Waals surface area contributed by atoms with Crippen LogP contribution in [-0.2, 0) is 11.3 Å². The van der Waals surface area contributed by atoms with Crippen molar-refractivity contribution in [3.63, 3.8) is 0 Å². The SMILES string of the molecule is C[C@@H](NCC(=O)N(C)c1ccccc1C(=O)NCc1ccco1)c1ccccc1Cl. The molecule has 0 spiro atoms. The van der Waals surface area contributed by atoms with Gasteiger partial charge in [0.2, 0.25) is 5.91 Å². The Bertz CT molecular complexity index is 1000. The summed E-state index contributed by atoms with van der Waals surface area (Å²) in [6.07, 6.45) is 1.55. The molecule has 0 saturated carbocycles. The lowest BCUT2D eigenvalue weighted by atomic mass is 10.1. The number of amides is 2. The minimum Gasteiger partial charge on any atom is -0.467 e. The van der Waals surface area contributed by atoms with E-state index in [4.69, 9.17) is 16.0 Å². The molecule has 2 aromatic carbocycles. The molecule has 7 heteroatoms. The van der Waals surface area contributed by atoms with Crippen LogP contribution in [0.2, 0.25) is 5.02 Å². The maximum absolute atomic E-state index is 12.8. The lowest BCUT2D eigenvalue weighted by molar-refractivity contribution is -0.117.